The second kappa shape index (κ2) is 8.17. The molecule has 1 aliphatic rings. The standard InChI is InChI=1S/C21H33ClN4OSi/c1-21(2,3)28(5,6)27-13-7-11-26(16-8-9-16)19-14-20(22)23-15-17(19)18-10-12-25(4)24-18/h10,12,14-16H,7-9,11,13H2,1-6H3. The molecule has 2 aromatic heterocycles. The molecule has 2 heterocycles. The van der Waals surface area contributed by atoms with Gasteiger partial charge in [-0.25, -0.2) is 4.98 Å². The molecule has 0 amide bonds. The Kier molecular flexibility index (Phi) is 6.22. The quantitative estimate of drug-likeness (QED) is 0.320. The first-order valence-electron chi connectivity index (χ1n) is 10.1. The third-order valence-electron chi connectivity index (χ3n) is 5.95. The number of anilines is 1. The molecule has 0 spiro atoms. The second-order valence-corrected chi connectivity index (χ2v) is 14.5. The Morgan fingerprint density at radius 1 is 1.32 bits per heavy atom. The molecule has 1 aliphatic carbocycles. The minimum atomic E-state index is -1.70. The van der Waals surface area contributed by atoms with Gasteiger partial charge in [0.25, 0.3) is 0 Å². The fourth-order valence-corrected chi connectivity index (χ4v) is 4.32. The van der Waals surface area contributed by atoms with Crippen molar-refractivity contribution in [1.29, 1.82) is 0 Å². The molecular weight excluding hydrogens is 388 g/mol. The van der Waals surface area contributed by atoms with E-state index in [1.165, 1.54) is 12.8 Å². The van der Waals surface area contributed by atoms with Gasteiger partial charge >= 0.3 is 0 Å². The van der Waals surface area contributed by atoms with Crippen LogP contribution in [-0.2, 0) is 11.5 Å². The van der Waals surface area contributed by atoms with Crippen LogP contribution in [0.4, 0.5) is 5.69 Å². The van der Waals surface area contributed by atoms with Gasteiger partial charge in [-0.05, 0) is 49.5 Å². The Morgan fingerprint density at radius 3 is 2.61 bits per heavy atom. The molecule has 5 nitrogen and oxygen atoms in total. The normalized spacial score (nSPS) is 15.1. The fourth-order valence-electron chi connectivity index (χ4n) is 3.08. The van der Waals surface area contributed by atoms with E-state index in [1.54, 1.807) is 0 Å². The average Bonchev–Trinajstić information content (AvgIpc) is 3.34. The molecule has 0 N–H and O–H groups in total. The Bertz CT molecular complexity index is 811. The van der Waals surface area contributed by atoms with Gasteiger partial charge in [0.15, 0.2) is 8.32 Å². The van der Waals surface area contributed by atoms with Crippen molar-refractivity contribution < 1.29 is 4.43 Å². The van der Waals surface area contributed by atoms with Crippen molar-refractivity contribution in [2.75, 3.05) is 18.1 Å². The highest BCUT2D eigenvalue weighted by atomic mass is 35.5. The molecule has 0 aliphatic heterocycles. The summed E-state index contributed by atoms with van der Waals surface area (Å²) < 4.78 is 8.20. The number of aryl methyl sites for hydroxylation is 1. The van der Waals surface area contributed by atoms with Crippen molar-refractivity contribution in [3.8, 4) is 11.3 Å². The van der Waals surface area contributed by atoms with Crippen molar-refractivity contribution in [2.45, 2.75) is 64.2 Å². The summed E-state index contributed by atoms with van der Waals surface area (Å²) >= 11 is 6.27. The zero-order valence-electron chi connectivity index (χ0n) is 18.0. The van der Waals surface area contributed by atoms with Gasteiger partial charge in [0.1, 0.15) is 5.15 Å². The summed E-state index contributed by atoms with van der Waals surface area (Å²) in [7, 11) is 0.234. The van der Waals surface area contributed by atoms with Crippen LogP contribution in [0.3, 0.4) is 0 Å². The van der Waals surface area contributed by atoms with Crippen LogP contribution in [0.15, 0.2) is 24.5 Å². The molecular formula is C21H33ClN4OSi. The Labute approximate surface area is 175 Å². The van der Waals surface area contributed by atoms with Crippen LogP contribution in [0, 0.1) is 0 Å². The third-order valence-corrected chi connectivity index (χ3v) is 10.7. The minimum absolute atomic E-state index is 0.244. The van der Waals surface area contributed by atoms with Crippen molar-refractivity contribution in [3.63, 3.8) is 0 Å². The number of pyridine rings is 1. The SMILES string of the molecule is Cn1ccc(-c2cnc(Cl)cc2N(CCCO[Si](C)(C)C(C)(C)C)C2CC2)n1. The lowest BCUT2D eigenvalue weighted by Crippen LogP contribution is -2.41. The van der Waals surface area contributed by atoms with Gasteiger partial charge in [-0.15, -0.1) is 0 Å². The van der Waals surface area contributed by atoms with E-state index in [4.69, 9.17) is 16.0 Å². The van der Waals surface area contributed by atoms with Gasteiger partial charge < -0.3 is 9.33 Å². The molecule has 2 aromatic rings. The number of hydrogen-bond acceptors (Lipinski definition) is 4. The molecule has 7 heteroatoms. The summed E-state index contributed by atoms with van der Waals surface area (Å²) in [4.78, 5) is 6.79. The zero-order chi connectivity index (χ0) is 20.5. The van der Waals surface area contributed by atoms with Crippen molar-refractivity contribution in [3.05, 3.63) is 29.7 Å². The summed E-state index contributed by atoms with van der Waals surface area (Å²) in [6.45, 7) is 13.2. The van der Waals surface area contributed by atoms with Crippen LogP contribution >= 0.6 is 11.6 Å². The average molecular weight is 421 g/mol. The molecule has 0 unspecified atom stereocenters. The van der Waals surface area contributed by atoms with Gasteiger partial charge in [-0.3, -0.25) is 4.68 Å². The zero-order valence-corrected chi connectivity index (χ0v) is 19.8. The maximum Gasteiger partial charge on any atom is 0.191 e. The lowest BCUT2D eigenvalue weighted by atomic mass is 10.1. The Hall–Kier alpha value is -1.37. The van der Waals surface area contributed by atoms with E-state index < -0.39 is 8.32 Å². The van der Waals surface area contributed by atoms with Crippen molar-refractivity contribution >= 4 is 25.6 Å². The molecule has 0 bridgehead atoms. The van der Waals surface area contributed by atoms with Gasteiger partial charge in [-0.1, -0.05) is 32.4 Å². The van der Waals surface area contributed by atoms with E-state index in [0.717, 1.165) is 36.5 Å². The number of rotatable bonds is 8. The summed E-state index contributed by atoms with van der Waals surface area (Å²) in [5.74, 6) is 0. The maximum absolute atomic E-state index is 6.38. The molecule has 0 aromatic carbocycles. The highest BCUT2D eigenvalue weighted by Crippen LogP contribution is 2.39. The molecule has 1 fully saturated rings. The van der Waals surface area contributed by atoms with Crippen LogP contribution in [0.5, 0.6) is 0 Å². The fraction of sp³-hybridized carbons (Fsp3) is 0.619. The first-order valence-corrected chi connectivity index (χ1v) is 13.4. The maximum atomic E-state index is 6.38. The monoisotopic (exact) mass is 420 g/mol. The van der Waals surface area contributed by atoms with Crippen molar-refractivity contribution in [2.24, 2.45) is 7.05 Å². The van der Waals surface area contributed by atoms with Crippen LogP contribution in [0.25, 0.3) is 11.3 Å². The lowest BCUT2D eigenvalue weighted by molar-refractivity contribution is 0.283. The predicted octanol–water partition coefficient (Wildman–Crippen LogP) is 5.52. The van der Waals surface area contributed by atoms with Gasteiger partial charge in [0.05, 0.1) is 11.4 Å². The van der Waals surface area contributed by atoms with Crippen LogP contribution < -0.4 is 4.90 Å². The third kappa shape index (κ3) is 4.96. The largest absolute Gasteiger partial charge is 0.417 e. The smallest absolute Gasteiger partial charge is 0.191 e. The molecule has 3 rings (SSSR count). The molecule has 0 radical (unpaired) electrons. The van der Waals surface area contributed by atoms with E-state index in [-0.39, 0.29) is 5.04 Å². The first-order chi connectivity index (χ1) is 13.1. The second-order valence-electron chi connectivity index (χ2n) is 9.29. The number of halogens is 1. The highest BCUT2D eigenvalue weighted by Gasteiger charge is 2.37. The summed E-state index contributed by atoms with van der Waals surface area (Å²) in [5, 5.41) is 5.35. The van der Waals surface area contributed by atoms with E-state index in [9.17, 15) is 0 Å². The predicted molar refractivity (Wildman–Crippen MR) is 120 cm³/mol. The number of aromatic nitrogens is 3. The molecule has 28 heavy (non-hydrogen) atoms. The summed E-state index contributed by atoms with van der Waals surface area (Å²) in [6.07, 6.45) is 7.27. The molecule has 0 atom stereocenters. The van der Waals surface area contributed by atoms with Gasteiger partial charge in [0.2, 0.25) is 0 Å². The van der Waals surface area contributed by atoms with E-state index in [0.29, 0.717) is 11.2 Å². The van der Waals surface area contributed by atoms with Gasteiger partial charge in [0, 0.05) is 44.2 Å². The minimum Gasteiger partial charge on any atom is -0.417 e. The molecule has 154 valence electrons. The molecule has 0 saturated heterocycles. The summed E-state index contributed by atoms with van der Waals surface area (Å²) in [5.41, 5.74) is 3.11. The van der Waals surface area contributed by atoms with Crippen LogP contribution in [0.2, 0.25) is 23.3 Å². The van der Waals surface area contributed by atoms with E-state index >= 15 is 0 Å². The number of nitrogens with zero attached hydrogens (tertiary/aromatic N) is 4. The Balaban J connectivity index is 1.74. The Morgan fingerprint density at radius 2 is 2.04 bits per heavy atom. The number of hydrogen-bond donors (Lipinski definition) is 0. The topological polar surface area (TPSA) is 43.2 Å². The van der Waals surface area contributed by atoms with Crippen LogP contribution in [-0.4, -0.2) is 42.3 Å². The van der Waals surface area contributed by atoms with E-state index in [1.807, 2.05) is 36.3 Å². The highest BCUT2D eigenvalue weighted by molar-refractivity contribution is 6.74. The van der Waals surface area contributed by atoms with Crippen LogP contribution in [0.1, 0.15) is 40.0 Å². The van der Waals surface area contributed by atoms with Gasteiger partial charge in [-0.2, -0.15) is 5.10 Å². The van der Waals surface area contributed by atoms with Crippen molar-refractivity contribution in [1.82, 2.24) is 14.8 Å². The van der Waals surface area contributed by atoms with E-state index in [2.05, 4.69) is 48.8 Å². The lowest BCUT2D eigenvalue weighted by Gasteiger charge is -2.36. The summed E-state index contributed by atoms with van der Waals surface area (Å²) in [6, 6.07) is 4.59. The first kappa shape index (κ1) is 21.3. The molecule has 1 saturated carbocycles.